The molecule has 23 heteroatoms. The highest BCUT2D eigenvalue weighted by Gasteiger charge is 2.60. The topological polar surface area (TPSA) is 35.8 Å². The molecule has 0 fully saturated rings. The van der Waals surface area contributed by atoms with E-state index in [0.29, 0.717) is 36.4 Å². The van der Waals surface area contributed by atoms with Gasteiger partial charge in [-0.05, 0) is 83.4 Å². The Morgan fingerprint density at radius 1 is 0.531 bits per heavy atom. The molecule has 0 bridgehead atoms. The van der Waals surface area contributed by atoms with Gasteiger partial charge in [0.2, 0.25) is 0 Å². The molecule has 1 aromatic heterocycles. The van der Waals surface area contributed by atoms with Crippen molar-refractivity contribution in [1.82, 2.24) is 4.48 Å². The minimum absolute atomic E-state index is 0.00474. The highest BCUT2D eigenvalue weighted by molar-refractivity contribution is 6.44. The van der Waals surface area contributed by atoms with Gasteiger partial charge in [0, 0.05) is 28.1 Å². The quantitative estimate of drug-likeness (QED) is 0.0923. The molecule has 0 spiro atoms. The van der Waals surface area contributed by atoms with E-state index in [4.69, 9.17) is 0 Å². The first kappa shape index (κ1) is 47.5. The Balaban J connectivity index is 1.76. The summed E-state index contributed by atoms with van der Waals surface area (Å²) < 4.78 is 264. The Kier molecular flexibility index (Phi) is 12.8. The maximum absolute atomic E-state index is 14.7. The molecular formula is C41H23BF18N2O2. The van der Waals surface area contributed by atoms with Crippen molar-refractivity contribution >= 4 is 24.6 Å². The summed E-state index contributed by atoms with van der Waals surface area (Å²) in [5.74, 6) is -13.6. The second kappa shape index (κ2) is 17.2. The zero-order valence-electron chi connectivity index (χ0n) is 31.5. The van der Waals surface area contributed by atoms with Gasteiger partial charge >= 0.3 is 43.8 Å². The van der Waals surface area contributed by atoms with Crippen molar-refractivity contribution < 1.29 is 88.3 Å². The Morgan fingerprint density at radius 3 is 1.44 bits per heavy atom. The number of aliphatic imine (C=N–C) groups is 1. The number of allylic oxidation sites excluding steroid dienone is 2. The summed E-state index contributed by atoms with van der Waals surface area (Å²) >= 11 is 0. The van der Waals surface area contributed by atoms with Crippen LogP contribution in [-0.2, 0) is 21.7 Å². The SMILES string of the molecule is Fc1ccc(C2=N/C(=C\c3c(-c4ccccc4C(F)(F)F)cc(-c4ccc(F)cc4)n3B(OCC(F)(F)C(F)(F)F)OCC(F)(F)C(F)(F)F)C(c3ccccc3C(F)(F)F)=C2)cc1. The summed E-state index contributed by atoms with van der Waals surface area (Å²) in [5, 5.41) is 0. The van der Waals surface area contributed by atoms with Crippen LogP contribution in [0.15, 0.2) is 120 Å². The maximum atomic E-state index is 14.7. The molecule has 0 amide bonds. The summed E-state index contributed by atoms with van der Waals surface area (Å²) in [6, 6.07) is 14.6. The molecule has 1 aliphatic rings. The molecule has 4 aromatic carbocycles. The molecule has 0 atom stereocenters. The summed E-state index contributed by atoms with van der Waals surface area (Å²) in [4.78, 5) is 4.29. The number of hydrogen-bond acceptors (Lipinski definition) is 3. The highest BCUT2D eigenvalue weighted by atomic mass is 19.4. The minimum Gasteiger partial charge on any atom is -0.385 e. The van der Waals surface area contributed by atoms with Crippen LogP contribution in [0.25, 0.3) is 34.0 Å². The van der Waals surface area contributed by atoms with Gasteiger partial charge in [0.1, 0.15) is 24.8 Å². The third-order valence-electron chi connectivity index (χ3n) is 9.33. The third kappa shape index (κ3) is 10.0. The first-order chi connectivity index (χ1) is 29.6. The van der Waals surface area contributed by atoms with Crippen molar-refractivity contribution in [1.29, 1.82) is 0 Å². The zero-order valence-corrected chi connectivity index (χ0v) is 31.5. The average Bonchev–Trinajstić information content (AvgIpc) is 3.79. The second-order valence-corrected chi connectivity index (χ2v) is 13.7. The van der Waals surface area contributed by atoms with E-state index in [1.165, 1.54) is 0 Å². The molecule has 0 unspecified atom stereocenters. The molecule has 0 aliphatic carbocycles. The Bertz CT molecular complexity index is 2560. The van der Waals surface area contributed by atoms with Crippen LogP contribution in [0.1, 0.15) is 27.9 Å². The number of alkyl halides is 16. The van der Waals surface area contributed by atoms with Crippen LogP contribution in [0.2, 0.25) is 0 Å². The van der Waals surface area contributed by atoms with Gasteiger partial charge in [0.15, 0.2) is 0 Å². The van der Waals surface area contributed by atoms with Gasteiger partial charge < -0.3 is 13.8 Å². The summed E-state index contributed by atoms with van der Waals surface area (Å²) in [6.07, 6.45) is -21.7. The zero-order chi connectivity index (χ0) is 47.2. The molecule has 1 aliphatic heterocycles. The molecule has 0 radical (unpaired) electrons. The fourth-order valence-electron chi connectivity index (χ4n) is 6.27. The van der Waals surface area contributed by atoms with E-state index < -0.39 is 125 Å². The number of halogens is 18. The van der Waals surface area contributed by atoms with E-state index in [0.717, 1.165) is 78.9 Å². The summed E-state index contributed by atoms with van der Waals surface area (Å²) in [5.41, 5.74) is -8.91. The van der Waals surface area contributed by atoms with E-state index >= 15 is 0 Å². The molecule has 2 heterocycles. The molecule has 0 saturated carbocycles. The van der Waals surface area contributed by atoms with Gasteiger partial charge in [-0.1, -0.05) is 48.5 Å². The lowest BCUT2D eigenvalue weighted by molar-refractivity contribution is -0.295. The lowest BCUT2D eigenvalue weighted by atomic mass is 9.94. The third-order valence-corrected chi connectivity index (χ3v) is 9.33. The van der Waals surface area contributed by atoms with E-state index in [-0.39, 0.29) is 15.8 Å². The molecule has 0 N–H and O–H groups in total. The molecule has 4 nitrogen and oxygen atoms in total. The number of rotatable bonds is 12. The number of benzene rings is 4. The van der Waals surface area contributed by atoms with Crippen LogP contribution in [-0.4, -0.2) is 54.9 Å². The Labute approximate surface area is 348 Å². The molecule has 0 saturated heterocycles. The molecule has 6 rings (SSSR count). The lowest BCUT2D eigenvalue weighted by Gasteiger charge is -2.26. The number of nitrogens with zero attached hydrogens (tertiary/aromatic N) is 2. The first-order valence-electron chi connectivity index (χ1n) is 17.8. The van der Waals surface area contributed by atoms with Crippen LogP contribution in [0, 0.1) is 11.6 Å². The molecule has 64 heavy (non-hydrogen) atoms. The highest BCUT2D eigenvalue weighted by Crippen LogP contribution is 2.46. The Hall–Kier alpha value is -5.97. The van der Waals surface area contributed by atoms with Crippen molar-refractivity contribution in [3.8, 4) is 22.4 Å². The van der Waals surface area contributed by atoms with Crippen molar-refractivity contribution in [3.63, 3.8) is 0 Å². The monoisotopic (exact) mass is 928 g/mol. The predicted molar refractivity (Wildman–Crippen MR) is 196 cm³/mol. The van der Waals surface area contributed by atoms with Gasteiger partial charge in [-0.3, -0.25) is 0 Å². The van der Waals surface area contributed by atoms with Crippen LogP contribution < -0.4 is 0 Å². The largest absolute Gasteiger partial charge is 0.598 e. The standard InChI is InChI=1S/C41H23BF18N2O2/c43-24-13-9-22(10-14-24)32-17-28(26-5-1-3-7-30(26)38(49,50)51)33(61-32)19-35-29(27-6-2-4-8-31(27)39(52,53)54)18-34(23-11-15-25(44)16-12-23)62(35)42(63-20-36(45,46)40(55,56)57)64-21-37(47,48)41(58,59)60/h1-19H,20-21H2/b33-19-. The van der Waals surface area contributed by atoms with Crippen molar-refractivity contribution in [2.75, 3.05) is 13.2 Å². The lowest BCUT2D eigenvalue weighted by Crippen LogP contribution is -2.48. The Morgan fingerprint density at radius 2 is 0.969 bits per heavy atom. The summed E-state index contributed by atoms with van der Waals surface area (Å²) in [6.45, 7) is -5.78. The predicted octanol–water partition coefficient (Wildman–Crippen LogP) is 13.3. The molecule has 338 valence electrons. The fraction of sp³-hybridized carbons (Fsp3) is 0.195. The van der Waals surface area contributed by atoms with Gasteiger partial charge in [-0.2, -0.15) is 70.2 Å². The maximum Gasteiger partial charge on any atom is 0.598 e. The van der Waals surface area contributed by atoms with Crippen LogP contribution in [0.3, 0.4) is 0 Å². The van der Waals surface area contributed by atoms with Gasteiger partial charge in [0.05, 0.1) is 22.5 Å². The van der Waals surface area contributed by atoms with Crippen LogP contribution >= 0.6 is 0 Å². The van der Waals surface area contributed by atoms with Crippen molar-refractivity contribution in [2.24, 2.45) is 4.99 Å². The van der Waals surface area contributed by atoms with E-state index in [1.807, 2.05) is 0 Å². The molecule has 5 aromatic rings. The van der Waals surface area contributed by atoms with Crippen molar-refractivity contribution in [3.05, 3.63) is 154 Å². The van der Waals surface area contributed by atoms with Crippen molar-refractivity contribution in [2.45, 2.75) is 36.6 Å². The van der Waals surface area contributed by atoms with E-state index in [9.17, 15) is 79.0 Å². The number of hydrogen-bond donors (Lipinski definition) is 0. The number of aromatic nitrogens is 1. The van der Waals surface area contributed by atoms with Gasteiger partial charge in [-0.15, -0.1) is 0 Å². The molecular weight excluding hydrogens is 905 g/mol. The average molecular weight is 928 g/mol. The second-order valence-electron chi connectivity index (χ2n) is 13.7. The first-order valence-corrected chi connectivity index (χ1v) is 17.8. The normalized spacial score (nSPS) is 14.9. The van der Waals surface area contributed by atoms with Gasteiger partial charge in [0.25, 0.3) is 0 Å². The van der Waals surface area contributed by atoms with Crippen LogP contribution in [0.5, 0.6) is 0 Å². The smallest absolute Gasteiger partial charge is 0.385 e. The fourth-order valence-corrected chi connectivity index (χ4v) is 6.27. The van der Waals surface area contributed by atoms with Crippen LogP contribution in [0.4, 0.5) is 79.0 Å². The van der Waals surface area contributed by atoms with Gasteiger partial charge in [-0.25, -0.2) is 13.8 Å². The van der Waals surface area contributed by atoms with E-state index in [1.54, 1.807) is 0 Å². The summed E-state index contributed by atoms with van der Waals surface area (Å²) in [7, 11) is -3.32. The minimum atomic E-state index is -6.47. The van der Waals surface area contributed by atoms with E-state index in [2.05, 4.69) is 14.3 Å².